The fourth-order valence-electron chi connectivity index (χ4n) is 6.67. The Morgan fingerprint density at radius 2 is 1.67 bits per heavy atom. The standard InChI is InChI=1S/C36H33N5O4S/c1-20-26(27-7-5-9-29(21(27)2)35-39-31-18-41(22(3)42)19-32(31)46-35)6-4-8-28(20)34-38-30-15-23(14-25(16-37)33(30)45-34)17-40-12-10-24(11-13-40)36(43)44/h4-9,14-15,24H,10-13,17-19H2,1-3H3,(H,43,44). The molecule has 1 amide bonds. The van der Waals surface area contributed by atoms with Gasteiger partial charge in [-0.2, -0.15) is 5.26 Å². The number of benzene rings is 3. The third-order valence-corrected chi connectivity index (χ3v) is 10.4. The van der Waals surface area contributed by atoms with E-state index in [1.165, 1.54) is 0 Å². The van der Waals surface area contributed by atoms with Crippen LogP contribution in [0.4, 0.5) is 0 Å². The van der Waals surface area contributed by atoms with E-state index in [9.17, 15) is 20.0 Å². The first-order valence-corrected chi connectivity index (χ1v) is 16.2. The highest BCUT2D eigenvalue weighted by Gasteiger charge is 2.27. The van der Waals surface area contributed by atoms with Gasteiger partial charge in [0.25, 0.3) is 0 Å². The summed E-state index contributed by atoms with van der Waals surface area (Å²) in [5.41, 5.74) is 9.72. The maximum absolute atomic E-state index is 11.8. The van der Waals surface area contributed by atoms with Crippen LogP contribution in [0.1, 0.15) is 52.6 Å². The first-order chi connectivity index (χ1) is 22.2. The predicted octanol–water partition coefficient (Wildman–Crippen LogP) is 6.93. The van der Waals surface area contributed by atoms with Gasteiger partial charge in [0, 0.05) is 29.5 Å². The van der Waals surface area contributed by atoms with Gasteiger partial charge < -0.3 is 14.4 Å². The number of carboxylic acid groups (broad SMARTS) is 1. The van der Waals surface area contributed by atoms with E-state index in [1.54, 1.807) is 18.3 Å². The molecule has 0 radical (unpaired) electrons. The number of fused-ring (bicyclic) bond motifs is 2. The maximum Gasteiger partial charge on any atom is 0.306 e. The molecule has 3 aromatic carbocycles. The van der Waals surface area contributed by atoms with Crippen LogP contribution in [0.2, 0.25) is 0 Å². The maximum atomic E-state index is 11.8. The summed E-state index contributed by atoms with van der Waals surface area (Å²) in [5.74, 6) is -0.482. The first kappa shape index (κ1) is 29.8. The second kappa shape index (κ2) is 11.8. The van der Waals surface area contributed by atoms with E-state index < -0.39 is 5.97 Å². The van der Waals surface area contributed by atoms with Gasteiger partial charge in [0.2, 0.25) is 11.8 Å². The van der Waals surface area contributed by atoms with Gasteiger partial charge in [-0.15, -0.1) is 11.3 Å². The van der Waals surface area contributed by atoms with Crippen molar-refractivity contribution >= 4 is 34.3 Å². The van der Waals surface area contributed by atoms with Gasteiger partial charge in [0.15, 0.2) is 5.58 Å². The van der Waals surface area contributed by atoms with E-state index in [4.69, 9.17) is 14.4 Å². The number of nitrogens with zero attached hydrogens (tertiary/aromatic N) is 5. The summed E-state index contributed by atoms with van der Waals surface area (Å²) < 4.78 is 6.27. The van der Waals surface area contributed by atoms with Crippen LogP contribution in [-0.2, 0) is 29.2 Å². The fourth-order valence-corrected chi connectivity index (χ4v) is 7.84. The van der Waals surface area contributed by atoms with E-state index in [2.05, 4.69) is 49.1 Å². The monoisotopic (exact) mass is 631 g/mol. The molecule has 0 aliphatic carbocycles. The van der Waals surface area contributed by atoms with Crippen molar-refractivity contribution in [2.24, 2.45) is 5.92 Å². The number of rotatable bonds is 6. The Labute approximate surface area is 270 Å². The molecule has 0 bridgehead atoms. The number of aliphatic carboxylic acids is 1. The van der Waals surface area contributed by atoms with E-state index in [1.807, 2.05) is 29.2 Å². The molecule has 9 nitrogen and oxygen atoms in total. The van der Waals surface area contributed by atoms with E-state index in [0.29, 0.717) is 68.1 Å². The topological polar surface area (TPSA) is 124 Å². The molecule has 7 rings (SSSR count). The van der Waals surface area contributed by atoms with Gasteiger partial charge in [-0.25, -0.2) is 9.97 Å². The van der Waals surface area contributed by atoms with Crippen molar-refractivity contribution in [2.45, 2.75) is 53.2 Å². The Kier molecular flexibility index (Phi) is 7.67. The number of carbonyl (C=O) groups excluding carboxylic acids is 1. The molecule has 0 spiro atoms. The Balaban J connectivity index is 1.19. The number of likely N-dealkylation sites (tertiary alicyclic amines) is 1. The van der Waals surface area contributed by atoms with Gasteiger partial charge in [-0.3, -0.25) is 14.5 Å². The van der Waals surface area contributed by atoms with Gasteiger partial charge >= 0.3 is 5.97 Å². The van der Waals surface area contributed by atoms with Crippen LogP contribution in [0.15, 0.2) is 52.9 Å². The van der Waals surface area contributed by atoms with Gasteiger partial charge in [-0.05, 0) is 85.8 Å². The molecule has 0 atom stereocenters. The van der Waals surface area contributed by atoms with Gasteiger partial charge in [-0.1, -0.05) is 30.3 Å². The summed E-state index contributed by atoms with van der Waals surface area (Å²) in [6.07, 6.45) is 1.25. The highest BCUT2D eigenvalue weighted by atomic mass is 32.1. The van der Waals surface area contributed by atoms with Crippen LogP contribution < -0.4 is 0 Å². The average Bonchev–Trinajstić information content (AvgIpc) is 3.75. The average molecular weight is 632 g/mol. The number of carbonyl (C=O) groups is 2. The Bertz CT molecular complexity index is 2040. The van der Waals surface area contributed by atoms with E-state index in [0.717, 1.165) is 54.5 Å². The Morgan fingerprint density at radius 1 is 1.00 bits per heavy atom. The van der Waals surface area contributed by atoms with Crippen LogP contribution in [0.3, 0.4) is 0 Å². The molecular formula is C36H33N5O4S. The summed E-state index contributed by atoms with van der Waals surface area (Å²) in [5, 5.41) is 20.3. The summed E-state index contributed by atoms with van der Waals surface area (Å²) in [7, 11) is 0. The minimum Gasteiger partial charge on any atom is -0.481 e. The summed E-state index contributed by atoms with van der Waals surface area (Å²) >= 11 is 1.65. The molecule has 2 aliphatic rings. The largest absolute Gasteiger partial charge is 0.481 e. The highest BCUT2D eigenvalue weighted by Crippen LogP contribution is 2.40. The minimum atomic E-state index is -0.726. The van der Waals surface area contributed by atoms with Gasteiger partial charge in [0.05, 0.1) is 30.3 Å². The van der Waals surface area contributed by atoms with Crippen LogP contribution in [0.25, 0.3) is 44.3 Å². The SMILES string of the molecule is CC(=O)N1Cc2nc(-c3cccc(-c4cccc(-c5nc6cc(CN7CCC(C(=O)O)CC7)cc(C#N)c6o5)c4C)c3C)sc2C1. The van der Waals surface area contributed by atoms with Crippen LogP contribution in [0.5, 0.6) is 0 Å². The second-order valence-electron chi connectivity index (χ2n) is 12.2. The normalized spacial score (nSPS) is 15.3. The number of thiazole rings is 1. The number of amides is 1. The molecule has 1 N–H and O–H groups in total. The third kappa shape index (κ3) is 5.36. The first-order valence-electron chi connectivity index (χ1n) is 15.4. The lowest BCUT2D eigenvalue weighted by Crippen LogP contribution is -2.35. The van der Waals surface area contributed by atoms with Crippen molar-refractivity contribution in [3.8, 4) is 39.2 Å². The lowest BCUT2D eigenvalue weighted by atomic mass is 9.91. The fraction of sp³-hybridized carbons (Fsp3) is 0.306. The lowest BCUT2D eigenvalue weighted by Gasteiger charge is -2.30. The number of hydrogen-bond acceptors (Lipinski definition) is 8. The smallest absolute Gasteiger partial charge is 0.306 e. The summed E-state index contributed by atoms with van der Waals surface area (Å²) in [6, 6.07) is 18.5. The molecule has 1 saturated heterocycles. The molecule has 1 fully saturated rings. The molecule has 2 aromatic heterocycles. The molecule has 0 saturated carbocycles. The highest BCUT2D eigenvalue weighted by molar-refractivity contribution is 7.15. The molecule has 0 unspecified atom stereocenters. The minimum absolute atomic E-state index is 0.0678. The van der Waals surface area contributed by atoms with Crippen molar-refractivity contribution in [2.75, 3.05) is 13.1 Å². The number of oxazole rings is 1. The molecular weight excluding hydrogens is 598 g/mol. The molecule has 10 heteroatoms. The van der Waals surface area contributed by atoms with Gasteiger partial charge in [0.1, 0.15) is 16.6 Å². The van der Waals surface area contributed by atoms with Crippen LogP contribution in [0, 0.1) is 31.1 Å². The van der Waals surface area contributed by atoms with Crippen molar-refractivity contribution in [1.82, 2.24) is 19.8 Å². The number of hydrogen-bond donors (Lipinski definition) is 1. The Morgan fingerprint density at radius 3 is 2.33 bits per heavy atom. The van der Waals surface area contributed by atoms with Crippen LogP contribution >= 0.6 is 11.3 Å². The zero-order valence-electron chi connectivity index (χ0n) is 26.0. The number of piperidine rings is 1. The van der Waals surface area contributed by atoms with Crippen molar-refractivity contribution in [3.63, 3.8) is 0 Å². The number of carboxylic acids is 1. The van der Waals surface area contributed by atoms with Crippen molar-refractivity contribution in [1.29, 1.82) is 5.26 Å². The van der Waals surface area contributed by atoms with Crippen molar-refractivity contribution < 1.29 is 19.1 Å². The Hall–Kier alpha value is -4.85. The molecule has 2 aliphatic heterocycles. The summed E-state index contributed by atoms with van der Waals surface area (Å²) in [4.78, 5) is 38.2. The van der Waals surface area contributed by atoms with Crippen LogP contribution in [-0.4, -0.2) is 49.8 Å². The van der Waals surface area contributed by atoms with E-state index >= 15 is 0 Å². The second-order valence-corrected chi connectivity index (χ2v) is 13.3. The number of nitriles is 1. The lowest BCUT2D eigenvalue weighted by molar-refractivity contribution is -0.143. The zero-order valence-corrected chi connectivity index (χ0v) is 26.8. The zero-order chi connectivity index (χ0) is 32.1. The molecule has 232 valence electrons. The quantitative estimate of drug-likeness (QED) is 0.214. The number of aromatic nitrogens is 2. The summed E-state index contributed by atoms with van der Waals surface area (Å²) in [6.45, 7) is 9.00. The molecule has 4 heterocycles. The molecule has 5 aromatic rings. The predicted molar refractivity (Wildman–Crippen MR) is 176 cm³/mol. The third-order valence-electron chi connectivity index (χ3n) is 9.33. The van der Waals surface area contributed by atoms with E-state index in [-0.39, 0.29) is 11.8 Å². The molecule has 46 heavy (non-hydrogen) atoms. The van der Waals surface area contributed by atoms with Crippen molar-refractivity contribution in [3.05, 3.63) is 81.4 Å².